The van der Waals surface area contributed by atoms with Crippen LogP contribution in [0.2, 0.25) is 0 Å². The summed E-state index contributed by atoms with van der Waals surface area (Å²) in [6, 6.07) is 0. The van der Waals surface area contributed by atoms with Crippen molar-refractivity contribution in [3.05, 3.63) is 0 Å². The predicted octanol–water partition coefficient (Wildman–Crippen LogP) is 1.89. The first kappa shape index (κ1) is 13.8. The van der Waals surface area contributed by atoms with Crippen molar-refractivity contribution < 1.29 is 9.53 Å². The molecule has 18 heavy (non-hydrogen) atoms. The van der Waals surface area contributed by atoms with Gasteiger partial charge >= 0.3 is 0 Å². The number of amides is 1. The summed E-state index contributed by atoms with van der Waals surface area (Å²) < 4.78 is 5.56. The second kappa shape index (κ2) is 6.02. The molecule has 1 atom stereocenters. The number of hydrogen-bond donors (Lipinski definition) is 1. The highest BCUT2D eigenvalue weighted by atomic mass is 16.5. The van der Waals surface area contributed by atoms with E-state index in [1.807, 2.05) is 4.90 Å². The summed E-state index contributed by atoms with van der Waals surface area (Å²) in [7, 11) is 0. The van der Waals surface area contributed by atoms with Crippen LogP contribution in [0.15, 0.2) is 0 Å². The number of carbonyl (C=O) groups is 1. The molecule has 1 N–H and O–H groups in total. The number of nitrogens with one attached hydrogen (secondary N) is 1. The van der Waals surface area contributed by atoms with Gasteiger partial charge in [-0.05, 0) is 26.2 Å². The molecule has 1 aliphatic heterocycles. The van der Waals surface area contributed by atoms with E-state index in [9.17, 15) is 4.79 Å². The van der Waals surface area contributed by atoms with E-state index in [0.717, 1.165) is 38.8 Å². The smallest absolute Gasteiger partial charge is 0.244 e. The van der Waals surface area contributed by atoms with Crippen LogP contribution < -0.4 is 5.32 Å². The van der Waals surface area contributed by atoms with Crippen LogP contribution in [-0.4, -0.2) is 42.3 Å². The fraction of sp³-hybridized carbons (Fsp3) is 0.929. The molecule has 4 heteroatoms. The summed E-state index contributed by atoms with van der Waals surface area (Å²) in [6.45, 7) is 6.43. The summed E-state index contributed by atoms with van der Waals surface area (Å²) in [5.74, 6) is 0.298. The molecule has 0 aromatic rings. The minimum atomic E-state index is -0.233. The average molecular weight is 254 g/mol. The largest absolute Gasteiger partial charge is 0.380 e. The topological polar surface area (TPSA) is 41.6 Å². The van der Waals surface area contributed by atoms with E-state index in [1.165, 1.54) is 12.8 Å². The Labute approximate surface area is 110 Å². The lowest BCUT2D eigenvalue weighted by molar-refractivity contribution is -0.133. The van der Waals surface area contributed by atoms with Crippen LogP contribution in [0.4, 0.5) is 0 Å². The van der Waals surface area contributed by atoms with Crippen LogP contribution in [0.25, 0.3) is 0 Å². The van der Waals surface area contributed by atoms with Gasteiger partial charge in [0.2, 0.25) is 5.91 Å². The van der Waals surface area contributed by atoms with Gasteiger partial charge in [0.05, 0.1) is 18.3 Å². The highest BCUT2D eigenvalue weighted by molar-refractivity contribution is 5.89. The summed E-state index contributed by atoms with van der Waals surface area (Å²) >= 11 is 0. The van der Waals surface area contributed by atoms with Crippen molar-refractivity contribution in [3.8, 4) is 0 Å². The molecule has 1 heterocycles. The SMILES string of the molecule is CCCCOCCN1C(=O)C2(CCCC2)NC1C. The number of ether oxygens (including phenoxy) is 1. The molecule has 104 valence electrons. The Morgan fingerprint density at radius 3 is 2.78 bits per heavy atom. The van der Waals surface area contributed by atoms with E-state index in [4.69, 9.17) is 4.74 Å². The van der Waals surface area contributed by atoms with Crippen LogP contribution >= 0.6 is 0 Å². The Balaban J connectivity index is 1.80. The second-order valence-corrected chi connectivity index (χ2v) is 5.57. The summed E-state index contributed by atoms with van der Waals surface area (Å²) in [4.78, 5) is 14.4. The molecule has 2 fully saturated rings. The number of hydrogen-bond acceptors (Lipinski definition) is 3. The summed E-state index contributed by atoms with van der Waals surface area (Å²) in [5.41, 5.74) is -0.233. The molecule has 1 saturated carbocycles. The zero-order valence-electron chi connectivity index (χ0n) is 11.7. The monoisotopic (exact) mass is 254 g/mol. The van der Waals surface area contributed by atoms with Crippen molar-refractivity contribution in [2.45, 2.75) is 64.1 Å². The lowest BCUT2D eigenvalue weighted by Gasteiger charge is -2.22. The Morgan fingerprint density at radius 2 is 2.11 bits per heavy atom. The first-order chi connectivity index (χ1) is 8.69. The molecule has 0 bridgehead atoms. The zero-order valence-corrected chi connectivity index (χ0v) is 11.7. The van der Waals surface area contributed by atoms with Crippen molar-refractivity contribution >= 4 is 5.91 Å². The number of rotatable bonds is 6. The molecule has 1 amide bonds. The van der Waals surface area contributed by atoms with Gasteiger partial charge in [0, 0.05) is 13.2 Å². The van der Waals surface area contributed by atoms with E-state index in [0.29, 0.717) is 12.5 Å². The van der Waals surface area contributed by atoms with Gasteiger partial charge in [-0.1, -0.05) is 26.2 Å². The van der Waals surface area contributed by atoms with Crippen LogP contribution in [0, 0.1) is 0 Å². The quantitative estimate of drug-likeness (QED) is 0.736. The maximum Gasteiger partial charge on any atom is 0.244 e. The van der Waals surface area contributed by atoms with Gasteiger partial charge in [-0.15, -0.1) is 0 Å². The van der Waals surface area contributed by atoms with Crippen molar-refractivity contribution in [1.29, 1.82) is 0 Å². The van der Waals surface area contributed by atoms with E-state index < -0.39 is 0 Å². The molecule has 4 nitrogen and oxygen atoms in total. The standard InChI is InChI=1S/C14H26N2O2/c1-3-4-10-18-11-9-16-12(2)15-14(13(16)17)7-5-6-8-14/h12,15H,3-11H2,1-2H3. The molecular weight excluding hydrogens is 228 g/mol. The molecule has 1 unspecified atom stereocenters. The molecule has 1 aliphatic carbocycles. The lowest BCUT2D eigenvalue weighted by atomic mass is 9.98. The molecule has 1 saturated heterocycles. The molecule has 1 spiro atoms. The van der Waals surface area contributed by atoms with Crippen LogP contribution in [-0.2, 0) is 9.53 Å². The van der Waals surface area contributed by atoms with Crippen LogP contribution in [0.1, 0.15) is 52.4 Å². The first-order valence-electron chi connectivity index (χ1n) is 7.36. The van der Waals surface area contributed by atoms with Crippen molar-refractivity contribution in [1.82, 2.24) is 10.2 Å². The maximum atomic E-state index is 12.5. The van der Waals surface area contributed by atoms with Crippen molar-refractivity contribution in [2.75, 3.05) is 19.8 Å². The first-order valence-corrected chi connectivity index (χ1v) is 7.36. The molecular formula is C14H26N2O2. The maximum absolute atomic E-state index is 12.5. The van der Waals surface area contributed by atoms with Gasteiger partial charge in [-0.25, -0.2) is 0 Å². The normalized spacial score (nSPS) is 26.4. The fourth-order valence-electron chi connectivity index (χ4n) is 3.13. The van der Waals surface area contributed by atoms with Gasteiger partial charge < -0.3 is 9.64 Å². The highest BCUT2D eigenvalue weighted by Gasteiger charge is 2.50. The summed E-state index contributed by atoms with van der Waals surface area (Å²) in [5, 5.41) is 3.50. The Bertz CT molecular complexity index is 288. The van der Waals surface area contributed by atoms with Gasteiger partial charge in [0.1, 0.15) is 0 Å². The number of nitrogens with zero attached hydrogens (tertiary/aromatic N) is 1. The minimum Gasteiger partial charge on any atom is -0.380 e. The zero-order chi connectivity index (χ0) is 13.0. The van der Waals surface area contributed by atoms with Gasteiger partial charge in [-0.2, -0.15) is 0 Å². The van der Waals surface area contributed by atoms with Crippen molar-refractivity contribution in [3.63, 3.8) is 0 Å². The Hall–Kier alpha value is -0.610. The highest BCUT2D eigenvalue weighted by Crippen LogP contribution is 2.36. The molecule has 2 rings (SSSR count). The molecule has 0 aromatic heterocycles. The molecule has 0 radical (unpaired) electrons. The van der Waals surface area contributed by atoms with Gasteiger partial charge in [-0.3, -0.25) is 10.1 Å². The lowest BCUT2D eigenvalue weighted by Crippen LogP contribution is -2.44. The van der Waals surface area contributed by atoms with E-state index in [1.54, 1.807) is 0 Å². The van der Waals surface area contributed by atoms with Crippen molar-refractivity contribution in [2.24, 2.45) is 0 Å². The molecule has 0 aromatic carbocycles. The second-order valence-electron chi connectivity index (χ2n) is 5.57. The van der Waals surface area contributed by atoms with Crippen LogP contribution in [0.5, 0.6) is 0 Å². The molecule has 2 aliphatic rings. The third-order valence-corrected chi connectivity index (χ3v) is 4.20. The number of carbonyl (C=O) groups excluding carboxylic acids is 1. The predicted molar refractivity (Wildman–Crippen MR) is 71.2 cm³/mol. The Kier molecular flexibility index (Phi) is 4.62. The van der Waals surface area contributed by atoms with Crippen LogP contribution in [0.3, 0.4) is 0 Å². The summed E-state index contributed by atoms with van der Waals surface area (Å²) in [6.07, 6.45) is 6.77. The fourth-order valence-corrected chi connectivity index (χ4v) is 3.13. The third kappa shape index (κ3) is 2.69. The van der Waals surface area contributed by atoms with Gasteiger partial charge in [0.25, 0.3) is 0 Å². The average Bonchev–Trinajstić information content (AvgIpc) is 2.90. The van der Waals surface area contributed by atoms with Gasteiger partial charge in [0.15, 0.2) is 0 Å². The third-order valence-electron chi connectivity index (χ3n) is 4.20. The number of unbranched alkanes of at least 4 members (excludes halogenated alkanes) is 1. The van der Waals surface area contributed by atoms with E-state index in [2.05, 4.69) is 19.2 Å². The Morgan fingerprint density at radius 1 is 1.39 bits per heavy atom. The van der Waals surface area contributed by atoms with E-state index in [-0.39, 0.29) is 11.7 Å². The van der Waals surface area contributed by atoms with E-state index >= 15 is 0 Å². The minimum absolute atomic E-state index is 0.158.